The highest BCUT2D eigenvalue weighted by molar-refractivity contribution is 5.89. The van der Waals surface area contributed by atoms with Crippen LogP contribution in [0, 0.1) is 24.1 Å². The number of hydrogen-bond donors (Lipinski definition) is 1. The van der Waals surface area contributed by atoms with Crippen molar-refractivity contribution in [1.82, 2.24) is 24.7 Å². The van der Waals surface area contributed by atoms with Gasteiger partial charge in [0.05, 0.1) is 34.6 Å². The summed E-state index contributed by atoms with van der Waals surface area (Å²) >= 11 is 0. The highest BCUT2D eigenvalue weighted by atomic mass is 19.1. The van der Waals surface area contributed by atoms with Crippen LogP contribution in [-0.2, 0) is 0 Å². The maximum Gasteiger partial charge on any atom is 0.191 e. The molecule has 0 amide bonds. The Morgan fingerprint density at radius 2 is 2.07 bits per heavy atom. The van der Waals surface area contributed by atoms with E-state index in [2.05, 4.69) is 26.1 Å². The fourth-order valence-corrected chi connectivity index (χ4v) is 3.43. The topological polar surface area (TPSA) is 100 Å². The number of aryl methyl sites for hydroxylation is 1. The molecular weight excluding hydrogens is 383 g/mol. The number of nitriles is 1. The molecule has 0 aliphatic rings. The van der Waals surface area contributed by atoms with Crippen LogP contribution in [0.4, 0.5) is 4.39 Å². The smallest absolute Gasteiger partial charge is 0.191 e. The van der Waals surface area contributed by atoms with Crippen molar-refractivity contribution in [2.45, 2.75) is 6.92 Å². The van der Waals surface area contributed by atoms with Crippen LogP contribution in [0.1, 0.15) is 11.3 Å². The molecule has 4 aromatic heterocycles. The summed E-state index contributed by atoms with van der Waals surface area (Å²) in [7, 11) is 0. The highest BCUT2D eigenvalue weighted by Gasteiger charge is 2.16. The van der Waals surface area contributed by atoms with E-state index in [0.29, 0.717) is 50.1 Å². The van der Waals surface area contributed by atoms with Crippen molar-refractivity contribution >= 4 is 21.9 Å². The van der Waals surface area contributed by atoms with Crippen LogP contribution in [0.25, 0.3) is 38.9 Å². The molecule has 0 unspecified atom stereocenters. The summed E-state index contributed by atoms with van der Waals surface area (Å²) in [5, 5.41) is 14.7. The maximum absolute atomic E-state index is 13.7. The summed E-state index contributed by atoms with van der Waals surface area (Å²) in [6, 6.07) is 12.1. The summed E-state index contributed by atoms with van der Waals surface area (Å²) in [5.41, 5.74) is 3.21. The SMILES string of the molecule is Cc1nn(-c2nc3[nH]ccc(=O)c3cc2-c2ccc3ncc(F)cc3c2)cc1C#N. The standard InChI is InChI=1S/C22H13FN6O/c1-12-15(9-24)11-29(28-12)22-17(8-18-20(30)4-5-25-21(18)27-22)13-2-3-19-14(6-13)7-16(23)10-26-19/h2-8,10-11H,1H3,(H,25,27,30). The molecule has 0 bridgehead atoms. The van der Waals surface area contributed by atoms with Gasteiger partial charge in [-0.15, -0.1) is 0 Å². The molecule has 1 N–H and O–H groups in total. The zero-order chi connectivity index (χ0) is 20.8. The molecule has 0 saturated heterocycles. The molecule has 0 atom stereocenters. The molecule has 0 spiro atoms. The van der Waals surface area contributed by atoms with E-state index in [-0.39, 0.29) is 5.43 Å². The number of H-pyrrole nitrogens is 1. The largest absolute Gasteiger partial charge is 0.346 e. The average Bonchev–Trinajstić information content (AvgIpc) is 3.13. The van der Waals surface area contributed by atoms with E-state index in [1.807, 2.05) is 6.07 Å². The third-order valence-corrected chi connectivity index (χ3v) is 4.92. The Bertz CT molecular complexity index is 1560. The predicted molar refractivity (Wildman–Crippen MR) is 110 cm³/mol. The number of nitrogens with one attached hydrogen (secondary N) is 1. The minimum Gasteiger partial charge on any atom is -0.346 e. The van der Waals surface area contributed by atoms with E-state index in [9.17, 15) is 14.4 Å². The van der Waals surface area contributed by atoms with Gasteiger partial charge in [-0.25, -0.2) is 14.1 Å². The number of pyridine rings is 3. The molecule has 0 saturated carbocycles. The van der Waals surface area contributed by atoms with Crippen LogP contribution >= 0.6 is 0 Å². The molecule has 30 heavy (non-hydrogen) atoms. The van der Waals surface area contributed by atoms with Gasteiger partial charge >= 0.3 is 0 Å². The van der Waals surface area contributed by atoms with Gasteiger partial charge < -0.3 is 4.98 Å². The Labute approximate surface area is 169 Å². The molecule has 8 heteroatoms. The van der Waals surface area contributed by atoms with E-state index >= 15 is 0 Å². The monoisotopic (exact) mass is 396 g/mol. The van der Waals surface area contributed by atoms with E-state index in [1.165, 1.54) is 29.2 Å². The van der Waals surface area contributed by atoms with Crippen molar-refractivity contribution in [2.24, 2.45) is 0 Å². The van der Waals surface area contributed by atoms with Gasteiger partial charge in [0.2, 0.25) is 0 Å². The van der Waals surface area contributed by atoms with Crippen LogP contribution in [0.2, 0.25) is 0 Å². The quantitative estimate of drug-likeness (QED) is 0.491. The molecule has 0 radical (unpaired) electrons. The summed E-state index contributed by atoms with van der Waals surface area (Å²) in [6.07, 6.45) is 4.29. The van der Waals surface area contributed by atoms with Crippen LogP contribution in [0.3, 0.4) is 0 Å². The summed E-state index contributed by atoms with van der Waals surface area (Å²) in [4.78, 5) is 24.1. The number of aromatic nitrogens is 5. The van der Waals surface area contributed by atoms with Gasteiger partial charge in [-0.2, -0.15) is 10.4 Å². The summed E-state index contributed by atoms with van der Waals surface area (Å²) in [5.74, 6) is 0.00646. The average molecular weight is 396 g/mol. The fraction of sp³-hybridized carbons (Fsp3) is 0.0455. The lowest BCUT2D eigenvalue weighted by Gasteiger charge is -2.11. The van der Waals surface area contributed by atoms with E-state index in [4.69, 9.17) is 0 Å². The molecule has 144 valence electrons. The molecular formula is C22H13FN6O. The summed E-state index contributed by atoms with van der Waals surface area (Å²) < 4.78 is 15.2. The Balaban J connectivity index is 1.84. The van der Waals surface area contributed by atoms with Gasteiger partial charge in [-0.3, -0.25) is 9.78 Å². The fourth-order valence-electron chi connectivity index (χ4n) is 3.43. The number of rotatable bonds is 2. The molecule has 0 aliphatic heterocycles. The molecule has 4 heterocycles. The first-order chi connectivity index (χ1) is 14.5. The van der Waals surface area contributed by atoms with Crippen molar-refractivity contribution in [1.29, 1.82) is 5.26 Å². The Morgan fingerprint density at radius 3 is 2.87 bits per heavy atom. The first kappa shape index (κ1) is 17.7. The summed E-state index contributed by atoms with van der Waals surface area (Å²) in [6.45, 7) is 1.74. The molecule has 0 fully saturated rings. The van der Waals surface area contributed by atoms with E-state index in [0.717, 1.165) is 0 Å². The van der Waals surface area contributed by atoms with Crippen molar-refractivity contribution in [3.63, 3.8) is 0 Å². The van der Waals surface area contributed by atoms with E-state index in [1.54, 1.807) is 31.3 Å². The van der Waals surface area contributed by atoms with Crippen LogP contribution in [0.15, 0.2) is 59.8 Å². The second-order valence-corrected chi connectivity index (χ2v) is 6.84. The Morgan fingerprint density at radius 1 is 1.20 bits per heavy atom. The van der Waals surface area contributed by atoms with Crippen LogP contribution in [-0.4, -0.2) is 24.7 Å². The van der Waals surface area contributed by atoms with Crippen molar-refractivity contribution in [3.8, 4) is 23.0 Å². The van der Waals surface area contributed by atoms with Crippen LogP contribution < -0.4 is 5.43 Å². The number of benzene rings is 1. The van der Waals surface area contributed by atoms with Crippen molar-refractivity contribution < 1.29 is 4.39 Å². The number of halogens is 1. The number of hydrogen-bond acceptors (Lipinski definition) is 5. The van der Waals surface area contributed by atoms with Gasteiger partial charge in [0, 0.05) is 23.2 Å². The van der Waals surface area contributed by atoms with Crippen molar-refractivity contribution in [3.05, 3.63) is 82.3 Å². The second kappa shape index (κ2) is 6.60. The number of aromatic amines is 1. The third kappa shape index (κ3) is 2.81. The molecule has 0 aliphatic carbocycles. The highest BCUT2D eigenvalue weighted by Crippen LogP contribution is 2.30. The lowest BCUT2D eigenvalue weighted by atomic mass is 10.0. The van der Waals surface area contributed by atoms with Gasteiger partial charge in [-0.1, -0.05) is 6.07 Å². The zero-order valence-corrected chi connectivity index (χ0v) is 15.7. The van der Waals surface area contributed by atoms with Gasteiger partial charge in [0.15, 0.2) is 11.2 Å². The van der Waals surface area contributed by atoms with Gasteiger partial charge in [0.25, 0.3) is 0 Å². The van der Waals surface area contributed by atoms with Gasteiger partial charge in [-0.05, 0) is 36.8 Å². The normalized spacial score (nSPS) is 11.1. The maximum atomic E-state index is 13.7. The lowest BCUT2D eigenvalue weighted by Crippen LogP contribution is -2.07. The first-order valence-corrected chi connectivity index (χ1v) is 9.08. The minimum absolute atomic E-state index is 0.174. The lowest BCUT2D eigenvalue weighted by molar-refractivity contribution is 0.624. The molecule has 5 aromatic rings. The number of nitrogens with zero attached hydrogens (tertiary/aromatic N) is 5. The first-order valence-electron chi connectivity index (χ1n) is 9.08. The second-order valence-electron chi connectivity index (χ2n) is 6.84. The Kier molecular flexibility index (Phi) is 3.89. The van der Waals surface area contributed by atoms with Gasteiger partial charge in [0.1, 0.15) is 17.5 Å². The molecule has 1 aromatic carbocycles. The van der Waals surface area contributed by atoms with Crippen LogP contribution in [0.5, 0.6) is 0 Å². The Hall–Kier alpha value is -4.38. The van der Waals surface area contributed by atoms with E-state index < -0.39 is 5.82 Å². The van der Waals surface area contributed by atoms with Crippen molar-refractivity contribution in [2.75, 3.05) is 0 Å². The molecule has 7 nitrogen and oxygen atoms in total. The molecule has 5 rings (SSSR count). The third-order valence-electron chi connectivity index (χ3n) is 4.92. The predicted octanol–water partition coefficient (Wildman–Crippen LogP) is 3.64. The minimum atomic E-state index is -0.436. The zero-order valence-electron chi connectivity index (χ0n) is 15.7. The number of fused-ring (bicyclic) bond motifs is 2.